The smallest absolute Gasteiger partial charge is 0.273 e. The van der Waals surface area contributed by atoms with Crippen LogP contribution in [0, 0.1) is 0 Å². The molecule has 0 aliphatic rings. The summed E-state index contributed by atoms with van der Waals surface area (Å²) in [6.07, 6.45) is 1.59. The molecule has 0 radical (unpaired) electrons. The van der Waals surface area contributed by atoms with Crippen LogP contribution in [0.4, 0.5) is 0 Å². The number of hydrogen-bond donors (Lipinski definition) is 2. The Morgan fingerprint density at radius 1 is 1.35 bits per heavy atom. The van der Waals surface area contributed by atoms with Crippen molar-refractivity contribution in [3.8, 4) is 0 Å². The zero-order valence-corrected chi connectivity index (χ0v) is 11.8. The topological polar surface area (TPSA) is 110 Å². The van der Waals surface area contributed by atoms with Crippen molar-refractivity contribution in [3.63, 3.8) is 0 Å². The van der Waals surface area contributed by atoms with Gasteiger partial charge in [-0.05, 0) is 18.7 Å². The molecular weight excluding hydrogens is 284 g/mol. The van der Waals surface area contributed by atoms with Gasteiger partial charge in [0.25, 0.3) is 10.0 Å². The minimum Gasteiger partial charge on any atom is -0.447 e. The second kappa shape index (κ2) is 6.64. The fraction of sp³-hybridized carbons (Fsp3) is 0.455. The number of nitrogens with one attached hydrogen (secondary N) is 2. The molecule has 9 heteroatoms. The molecule has 8 nitrogen and oxygen atoms in total. The standard InChI is InChI=1S/C11H16N4O4S/c1-2-12-7-9-3-4-11(18-9)20(16,17)15-6-5-10-13-8-14-19-10/h3-4,8,12,15H,2,5-7H2,1H3. The summed E-state index contributed by atoms with van der Waals surface area (Å²) >= 11 is 0. The Bertz CT molecular complexity index is 621. The summed E-state index contributed by atoms with van der Waals surface area (Å²) in [5.41, 5.74) is 0. The summed E-state index contributed by atoms with van der Waals surface area (Å²) in [5, 5.41) is 6.39. The lowest BCUT2D eigenvalue weighted by Gasteiger charge is -2.02. The van der Waals surface area contributed by atoms with Crippen LogP contribution in [0.3, 0.4) is 0 Å². The lowest BCUT2D eigenvalue weighted by molar-refractivity contribution is 0.376. The molecule has 2 N–H and O–H groups in total. The molecule has 0 saturated carbocycles. The van der Waals surface area contributed by atoms with E-state index in [-0.39, 0.29) is 11.6 Å². The lowest BCUT2D eigenvalue weighted by atomic mass is 10.4. The largest absolute Gasteiger partial charge is 0.447 e. The van der Waals surface area contributed by atoms with Gasteiger partial charge in [-0.2, -0.15) is 4.98 Å². The molecular formula is C11H16N4O4S. The molecule has 2 aromatic heterocycles. The Balaban J connectivity index is 1.90. The van der Waals surface area contributed by atoms with Gasteiger partial charge in [0.05, 0.1) is 6.54 Å². The summed E-state index contributed by atoms with van der Waals surface area (Å²) < 4.78 is 36.4. The highest BCUT2D eigenvalue weighted by molar-refractivity contribution is 7.89. The zero-order valence-electron chi connectivity index (χ0n) is 11.0. The van der Waals surface area contributed by atoms with Crippen molar-refractivity contribution < 1.29 is 17.4 Å². The average molecular weight is 300 g/mol. The lowest BCUT2D eigenvalue weighted by Crippen LogP contribution is -2.25. The summed E-state index contributed by atoms with van der Waals surface area (Å²) in [4.78, 5) is 3.80. The van der Waals surface area contributed by atoms with Crippen LogP contribution in [0.25, 0.3) is 0 Å². The van der Waals surface area contributed by atoms with E-state index in [1.54, 1.807) is 6.07 Å². The van der Waals surface area contributed by atoms with Crippen molar-refractivity contribution in [2.24, 2.45) is 0 Å². The summed E-state index contributed by atoms with van der Waals surface area (Å²) in [7, 11) is -3.65. The van der Waals surface area contributed by atoms with Gasteiger partial charge in [-0.3, -0.25) is 0 Å². The number of furan rings is 1. The molecule has 0 unspecified atom stereocenters. The molecule has 0 aliphatic heterocycles. The minimum absolute atomic E-state index is 0.101. The summed E-state index contributed by atoms with van der Waals surface area (Å²) in [5.74, 6) is 0.948. The SMILES string of the molecule is CCNCc1ccc(S(=O)(=O)NCCc2ncno2)o1. The van der Waals surface area contributed by atoms with Crippen molar-refractivity contribution in [2.45, 2.75) is 25.0 Å². The molecule has 0 atom stereocenters. The minimum atomic E-state index is -3.65. The molecule has 0 amide bonds. The van der Waals surface area contributed by atoms with Gasteiger partial charge in [-0.15, -0.1) is 0 Å². The van der Waals surface area contributed by atoms with Crippen molar-refractivity contribution in [1.82, 2.24) is 20.2 Å². The quantitative estimate of drug-likeness (QED) is 0.721. The third-order valence-corrected chi connectivity index (χ3v) is 3.82. The molecule has 110 valence electrons. The second-order valence-electron chi connectivity index (χ2n) is 3.98. The fourth-order valence-corrected chi connectivity index (χ4v) is 2.49. The van der Waals surface area contributed by atoms with E-state index in [1.807, 2.05) is 6.92 Å². The van der Waals surface area contributed by atoms with Crippen LogP contribution in [0.2, 0.25) is 0 Å². The van der Waals surface area contributed by atoms with Gasteiger partial charge in [0.1, 0.15) is 5.76 Å². The van der Waals surface area contributed by atoms with Crippen LogP contribution in [0.1, 0.15) is 18.6 Å². The molecule has 2 heterocycles. The van der Waals surface area contributed by atoms with Crippen LogP contribution in [0.5, 0.6) is 0 Å². The van der Waals surface area contributed by atoms with Gasteiger partial charge in [0.15, 0.2) is 6.33 Å². The molecule has 0 bridgehead atoms. The van der Waals surface area contributed by atoms with E-state index >= 15 is 0 Å². The molecule has 0 aromatic carbocycles. The molecule has 2 rings (SSSR count). The molecule has 20 heavy (non-hydrogen) atoms. The maximum absolute atomic E-state index is 12.0. The van der Waals surface area contributed by atoms with Crippen LogP contribution in [0.15, 0.2) is 32.5 Å². The maximum atomic E-state index is 12.0. The number of rotatable bonds is 8. The molecule has 2 aromatic rings. The molecule has 0 saturated heterocycles. The number of aromatic nitrogens is 2. The predicted molar refractivity (Wildman–Crippen MR) is 69.3 cm³/mol. The van der Waals surface area contributed by atoms with Crippen molar-refractivity contribution >= 4 is 10.0 Å². The third-order valence-electron chi connectivity index (χ3n) is 2.49. The summed E-state index contributed by atoms with van der Waals surface area (Å²) in [6, 6.07) is 3.07. The van der Waals surface area contributed by atoms with Gasteiger partial charge in [-0.1, -0.05) is 12.1 Å². The van der Waals surface area contributed by atoms with Crippen LogP contribution >= 0.6 is 0 Å². The van der Waals surface area contributed by atoms with E-state index in [0.717, 1.165) is 6.54 Å². The van der Waals surface area contributed by atoms with E-state index < -0.39 is 10.0 Å². The maximum Gasteiger partial charge on any atom is 0.273 e. The third kappa shape index (κ3) is 3.89. The number of nitrogens with zero attached hydrogens (tertiary/aromatic N) is 2. The first kappa shape index (κ1) is 14.7. The molecule has 0 fully saturated rings. The number of hydrogen-bond acceptors (Lipinski definition) is 7. The van der Waals surface area contributed by atoms with E-state index in [4.69, 9.17) is 8.94 Å². The van der Waals surface area contributed by atoms with Crippen molar-refractivity contribution in [3.05, 3.63) is 30.1 Å². The number of sulfonamides is 1. The predicted octanol–water partition coefficient (Wildman–Crippen LogP) is 0.293. The Morgan fingerprint density at radius 2 is 2.20 bits per heavy atom. The molecule has 0 aliphatic carbocycles. The zero-order chi connectivity index (χ0) is 14.4. The van der Waals surface area contributed by atoms with Gasteiger partial charge in [-0.25, -0.2) is 13.1 Å². The Hall–Kier alpha value is -1.71. The fourth-order valence-electron chi connectivity index (χ4n) is 1.52. The first-order chi connectivity index (χ1) is 9.62. The van der Waals surface area contributed by atoms with Crippen molar-refractivity contribution in [1.29, 1.82) is 0 Å². The first-order valence-electron chi connectivity index (χ1n) is 6.16. The van der Waals surface area contributed by atoms with Crippen LogP contribution in [-0.2, 0) is 23.0 Å². The van der Waals surface area contributed by atoms with E-state index in [9.17, 15) is 8.42 Å². The normalized spacial score (nSPS) is 11.8. The van der Waals surface area contributed by atoms with E-state index in [0.29, 0.717) is 24.6 Å². The van der Waals surface area contributed by atoms with Gasteiger partial charge in [0.2, 0.25) is 11.0 Å². The van der Waals surface area contributed by atoms with Crippen LogP contribution in [-0.4, -0.2) is 31.6 Å². The molecule has 0 spiro atoms. The first-order valence-corrected chi connectivity index (χ1v) is 7.65. The highest BCUT2D eigenvalue weighted by Crippen LogP contribution is 2.13. The van der Waals surface area contributed by atoms with Gasteiger partial charge in [0, 0.05) is 13.0 Å². The summed E-state index contributed by atoms with van der Waals surface area (Å²) in [6.45, 7) is 3.40. The Morgan fingerprint density at radius 3 is 2.90 bits per heavy atom. The van der Waals surface area contributed by atoms with E-state index in [2.05, 4.69) is 20.2 Å². The highest BCUT2D eigenvalue weighted by Gasteiger charge is 2.18. The van der Waals surface area contributed by atoms with Crippen molar-refractivity contribution in [2.75, 3.05) is 13.1 Å². The van der Waals surface area contributed by atoms with Gasteiger partial charge >= 0.3 is 0 Å². The Kier molecular flexibility index (Phi) is 4.88. The van der Waals surface area contributed by atoms with Gasteiger partial charge < -0.3 is 14.3 Å². The highest BCUT2D eigenvalue weighted by atomic mass is 32.2. The Labute approximate surface area is 116 Å². The van der Waals surface area contributed by atoms with Crippen LogP contribution < -0.4 is 10.0 Å². The average Bonchev–Trinajstić information content (AvgIpc) is 3.07. The monoisotopic (exact) mass is 300 g/mol. The van der Waals surface area contributed by atoms with E-state index in [1.165, 1.54) is 12.4 Å². The second-order valence-corrected chi connectivity index (χ2v) is 5.68.